The van der Waals surface area contributed by atoms with Gasteiger partial charge in [-0.05, 0) is 46.0 Å². The second kappa shape index (κ2) is 8.52. The van der Waals surface area contributed by atoms with E-state index in [4.69, 9.17) is 4.74 Å². The van der Waals surface area contributed by atoms with E-state index in [0.29, 0.717) is 5.00 Å². The number of carbonyl (C=O) groups is 2. The van der Waals surface area contributed by atoms with Crippen LogP contribution in [0, 0.1) is 5.92 Å². The molecule has 2 amide bonds. The van der Waals surface area contributed by atoms with E-state index in [1.54, 1.807) is 20.8 Å². The number of carbonyl (C=O) groups excluding carboxylic acids is 2. The lowest BCUT2D eigenvalue weighted by molar-refractivity contribution is 0.0636. The SMILES string of the molecule is CC(C)(C)OC(=O)Nc1snnc1C(=O)NC1CCN(CC2CCCC2)C1. The summed E-state index contributed by atoms with van der Waals surface area (Å²) < 4.78 is 9.02. The first-order valence-electron chi connectivity index (χ1n) is 9.66. The van der Waals surface area contributed by atoms with E-state index in [-0.39, 0.29) is 17.6 Å². The first-order chi connectivity index (χ1) is 12.8. The summed E-state index contributed by atoms with van der Waals surface area (Å²) in [6.07, 6.45) is 5.68. The van der Waals surface area contributed by atoms with Crippen molar-refractivity contribution in [1.82, 2.24) is 19.8 Å². The highest BCUT2D eigenvalue weighted by atomic mass is 32.1. The van der Waals surface area contributed by atoms with Crippen molar-refractivity contribution < 1.29 is 14.3 Å². The summed E-state index contributed by atoms with van der Waals surface area (Å²) in [5, 5.41) is 9.79. The van der Waals surface area contributed by atoms with Crippen LogP contribution in [-0.2, 0) is 4.74 Å². The predicted molar refractivity (Wildman–Crippen MR) is 104 cm³/mol. The van der Waals surface area contributed by atoms with Gasteiger partial charge >= 0.3 is 6.09 Å². The van der Waals surface area contributed by atoms with E-state index in [2.05, 4.69) is 25.1 Å². The zero-order valence-corrected chi connectivity index (χ0v) is 17.1. The molecule has 0 spiro atoms. The molecule has 1 aromatic rings. The number of amides is 2. The highest BCUT2D eigenvalue weighted by Gasteiger charge is 2.29. The summed E-state index contributed by atoms with van der Waals surface area (Å²) in [5.74, 6) is 0.509. The molecule has 0 radical (unpaired) electrons. The van der Waals surface area contributed by atoms with Crippen LogP contribution in [0.3, 0.4) is 0 Å². The van der Waals surface area contributed by atoms with Gasteiger partial charge in [-0.25, -0.2) is 4.79 Å². The van der Waals surface area contributed by atoms with Crippen LogP contribution >= 0.6 is 11.5 Å². The van der Waals surface area contributed by atoms with Gasteiger partial charge in [0, 0.05) is 37.2 Å². The van der Waals surface area contributed by atoms with Crippen LogP contribution in [0.15, 0.2) is 0 Å². The summed E-state index contributed by atoms with van der Waals surface area (Å²) in [6, 6.07) is 0.106. The van der Waals surface area contributed by atoms with Gasteiger partial charge in [0.2, 0.25) is 0 Å². The smallest absolute Gasteiger partial charge is 0.412 e. The Hall–Kier alpha value is -1.74. The van der Waals surface area contributed by atoms with Gasteiger partial charge in [-0.15, -0.1) is 5.10 Å². The first-order valence-corrected chi connectivity index (χ1v) is 10.4. The van der Waals surface area contributed by atoms with Gasteiger partial charge in [0.15, 0.2) is 10.7 Å². The average Bonchev–Trinajstić information content (AvgIpc) is 3.28. The van der Waals surface area contributed by atoms with Crippen molar-refractivity contribution in [1.29, 1.82) is 0 Å². The van der Waals surface area contributed by atoms with Gasteiger partial charge in [0.25, 0.3) is 5.91 Å². The number of nitrogens with one attached hydrogen (secondary N) is 2. The molecule has 27 heavy (non-hydrogen) atoms. The van der Waals surface area contributed by atoms with Gasteiger partial charge in [-0.3, -0.25) is 10.1 Å². The largest absolute Gasteiger partial charge is 0.444 e. The molecule has 8 nitrogen and oxygen atoms in total. The molecule has 2 fully saturated rings. The van der Waals surface area contributed by atoms with Crippen LogP contribution in [0.4, 0.5) is 9.80 Å². The quantitative estimate of drug-likeness (QED) is 0.796. The van der Waals surface area contributed by atoms with Crippen molar-refractivity contribution in [3.05, 3.63) is 5.69 Å². The summed E-state index contributed by atoms with van der Waals surface area (Å²) in [7, 11) is 0. The van der Waals surface area contributed by atoms with Crippen molar-refractivity contribution in [3.63, 3.8) is 0 Å². The minimum absolute atomic E-state index is 0.106. The summed E-state index contributed by atoms with van der Waals surface area (Å²) in [6.45, 7) is 8.36. The van der Waals surface area contributed by atoms with Crippen LogP contribution in [-0.4, -0.2) is 57.8 Å². The number of ether oxygens (including phenoxy) is 1. The van der Waals surface area contributed by atoms with E-state index in [9.17, 15) is 9.59 Å². The molecule has 1 saturated heterocycles. The lowest BCUT2D eigenvalue weighted by atomic mass is 10.1. The number of aromatic nitrogens is 2. The molecule has 0 aromatic carbocycles. The third-order valence-electron chi connectivity index (χ3n) is 4.92. The van der Waals surface area contributed by atoms with Crippen molar-refractivity contribution in [3.8, 4) is 0 Å². The molecule has 2 heterocycles. The molecule has 2 N–H and O–H groups in total. The minimum Gasteiger partial charge on any atom is -0.444 e. The lowest BCUT2D eigenvalue weighted by Gasteiger charge is -2.20. The number of nitrogens with zero attached hydrogens (tertiary/aromatic N) is 3. The maximum atomic E-state index is 12.6. The van der Waals surface area contributed by atoms with E-state index < -0.39 is 11.7 Å². The van der Waals surface area contributed by atoms with E-state index >= 15 is 0 Å². The fourth-order valence-corrected chi connectivity index (χ4v) is 4.30. The third-order valence-corrected chi connectivity index (χ3v) is 5.56. The fourth-order valence-electron chi connectivity index (χ4n) is 3.75. The summed E-state index contributed by atoms with van der Waals surface area (Å²) >= 11 is 0.968. The lowest BCUT2D eigenvalue weighted by Crippen LogP contribution is -2.38. The van der Waals surface area contributed by atoms with E-state index in [1.165, 1.54) is 25.7 Å². The molecule has 9 heteroatoms. The molecule has 150 valence electrons. The first kappa shape index (κ1) is 20.0. The Morgan fingerprint density at radius 1 is 1.26 bits per heavy atom. The van der Waals surface area contributed by atoms with E-state index in [1.807, 2.05) is 0 Å². The summed E-state index contributed by atoms with van der Waals surface area (Å²) in [5.41, 5.74) is -0.475. The maximum absolute atomic E-state index is 12.6. The molecule has 1 unspecified atom stereocenters. The second-order valence-corrected chi connectivity index (χ2v) is 9.20. The fraction of sp³-hybridized carbons (Fsp3) is 0.778. The van der Waals surface area contributed by atoms with Crippen molar-refractivity contribution in [2.24, 2.45) is 5.92 Å². The standard InChI is InChI=1S/C18H29N5O3S/c1-18(2,3)26-17(25)20-16-14(21-22-27-16)15(24)19-13-8-9-23(11-13)10-12-6-4-5-7-12/h12-13H,4-11H2,1-3H3,(H,19,24)(H,20,25). The zero-order valence-electron chi connectivity index (χ0n) is 16.3. The molecule has 1 aromatic heterocycles. The molecule has 1 saturated carbocycles. The van der Waals surface area contributed by atoms with Gasteiger partial charge in [0.1, 0.15) is 5.60 Å². The Labute approximate surface area is 164 Å². The molecular weight excluding hydrogens is 366 g/mol. The number of likely N-dealkylation sites (tertiary alicyclic amines) is 1. The molecule has 2 aliphatic rings. The predicted octanol–water partition coefficient (Wildman–Crippen LogP) is 2.88. The van der Waals surface area contributed by atoms with Gasteiger partial charge < -0.3 is 15.0 Å². The van der Waals surface area contributed by atoms with Gasteiger partial charge in [0.05, 0.1) is 0 Å². The zero-order chi connectivity index (χ0) is 19.4. The van der Waals surface area contributed by atoms with E-state index in [0.717, 1.165) is 43.5 Å². The van der Waals surface area contributed by atoms with Crippen LogP contribution in [0.5, 0.6) is 0 Å². The molecular formula is C18H29N5O3S. The number of anilines is 1. The molecule has 1 aliphatic carbocycles. The molecule has 1 atom stereocenters. The average molecular weight is 396 g/mol. The van der Waals surface area contributed by atoms with Gasteiger partial charge in [-0.2, -0.15) is 0 Å². The molecule has 0 bridgehead atoms. The number of rotatable bonds is 5. The van der Waals surface area contributed by atoms with Crippen LogP contribution in [0.2, 0.25) is 0 Å². The highest BCUT2D eigenvalue weighted by molar-refractivity contribution is 7.10. The van der Waals surface area contributed by atoms with Gasteiger partial charge in [-0.1, -0.05) is 17.3 Å². The number of hydrogen-bond acceptors (Lipinski definition) is 7. The Bertz CT molecular complexity index is 666. The Morgan fingerprint density at radius 2 is 2.00 bits per heavy atom. The summed E-state index contributed by atoms with van der Waals surface area (Å²) in [4.78, 5) is 27.0. The number of hydrogen-bond donors (Lipinski definition) is 2. The third kappa shape index (κ3) is 5.87. The minimum atomic E-state index is -0.619. The molecule has 3 rings (SSSR count). The van der Waals surface area contributed by atoms with Crippen LogP contribution in [0.25, 0.3) is 0 Å². The van der Waals surface area contributed by atoms with Crippen LogP contribution < -0.4 is 10.6 Å². The maximum Gasteiger partial charge on any atom is 0.412 e. The second-order valence-electron chi connectivity index (χ2n) is 8.45. The Morgan fingerprint density at radius 3 is 2.70 bits per heavy atom. The monoisotopic (exact) mass is 395 g/mol. The topological polar surface area (TPSA) is 96.5 Å². The molecule has 1 aliphatic heterocycles. The van der Waals surface area contributed by atoms with Crippen molar-refractivity contribution >= 4 is 28.5 Å². The highest BCUT2D eigenvalue weighted by Crippen LogP contribution is 2.27. The normalized spacial score (nSPS) is 21.4. The van der Waals surface area contributed by atoms with Crippen molar-refractivity contribution in [2.75, 3.05) is 25.0 Å². The Kier molecular flexibility index (Phi) is 6.31. The Balaban J connectivity index is 1.50. The van der Waals surface area contributed by atoms with Crippen LogP contribution in [0.1, 0.15) is 63.4 Å². The van der Waals surface area contributed by atoms with Crippen molar-refractivity contribution in [2.45, 2.75) is 64.5 Å².